The smallest absolute Gasteiger partial charge is 0.268 e. The highest BCUT2D eigenvalue weighted by molar-refractivity contribution is 5.16. The second-order valence-corrected chi connectivity index (χ2v) is 6.82. The van der Waals surface area contributed by atoms with E-state index in [1.165, 1.54) is 0 Å². The minimum Gasteiger partial charge on any atom is -0.300 e. The molecule has 4 aliphatic rings. The first-order valence-electron chi connectivity index (χ1n) is 7.48. The molecule has 4 saturated carbocycles. The van der Waals surface area contributed by atoms with Gasteiger partial charge in [-0.25, -0.2) is 8.78 Å². The van der Waals surface area contributed by atoms with Crippen molar-refractivity contribution in [3.8, 4) is 0 Å². The summed E-state index contributed by atoms with van der Waals surface area (Å²) in [5.41, 5.74) is -0.265. The van der Waals surface area contributed by atoms with Crippen LogP contribution in [0.2, 0.25) is 0 Å². The van der Waals surface area contributed by atoms with Crippen LogP contribution in [0.5, 0.6) is 0 Å². The molecular formula is C15H19F2N3. The van der Waals surface area contributed by atoms with E-state index in [9.17, 15) is 8.78 Å². The summed E-state index contributed by atoms with van der Waals surface area (Å²) in [7, 11) is 0. The zero-order valence-electron chi connectivity index (χ0n) is 11.4. The zero-order chi connectivity index (χ0) is 13.8. The molecule has 1 aromatic heterocycles. The van der Waals surface area contributed by atoms with Crippen molar-refractivity contribution in [3.63, 3.8) is 0 Å². The lowest BCUT2D eigenvalue weighted by Crippen LogP contribution is -2.70. The van der Waals surface area contributed by atoms with Crippen LogP contribution < -0.4 is 5.32 Å². The van der Waals surface area contributed by atoms with Crippen LogP contribution in [0.3, 0.4) is 0 Å². The molecule has 1 heterocycles. The Bertz CT molecular complexity index is 491. The third-order valence-corrected chi connectivity index (χ3v) is 5.56. The average Bonchev–Trinajstić information content (AvgIpc) is 2.43. The van der Waals surface area contributed by atoms with Crippen molar-refractivity contribution in [1.29, 1.82) is 0 Å². The summed E-state index contributed by atoms with van der Waals surface area (Å²) in [4.78, 5) is 0. The van der Waals surface area contributed by atoms with Crippen molar-refractivity contribution in [3.05, 3.63) is 24.0 Å². The lowest BCUT2D eigenvalue weighted by molar-refractivity contribution is -0.226. The molecule has 0 radical (unpaired) electrons. The molecule has 0 aliphatic heterocycles. The molecule has 3 nitrogen and oxygen atoms in total. The lowest BCUT2D eigenvalue weighted by atomic mass is 9.51. The highest BCUT2D eigenvalue weighted by atomic mass is 19.3. The van der Waals surface area contributed by atoms with E-state index in [-0.39, 0.29) is 0 Å². The third-order valence-electron chi connectivity index (χ3n) is 5.56. The molecule has 4 aliphatic carbocycles. The van der Waals surface area contributed by atoms with Crippen molar-refractivity contribution in [2.45, 2.75) is 50.1 Å². The number of nitrogens with zero attached hydrogens (tertiary/aromatic N) is 2. The lowest BCUT2D eigenvalue weighted by Gasteiger charge is -2.61. The Kier molecular flexibility index (Phi) is 2.65. The summed E-state index contributed by atoms with van der Waals surface area (Å²) in [5, 5.41) is 11.0. The maximum Gasteiger partial charge on any atom is 0.268 e. The normalized spacial score (nSPS) is 41.0. The minimum absolute atomic E-state index is 0.385. The predicted octanol–water partition coefficient (Wildman–Crippen LogP) is 2.78. The van der Waals surface area contributed by atoms with Crippen molar-refractivity contribution in [2.24, 2.45) is 17.8 Å². The summed E-state index contributed by atoms with van der Waals surface area (Å²) in [6.07, 6.45) is 5.43. The molecule has 1 N–H and O–H groups in total. The topological polar surface area (TPSA) is 37.8 Å². The predicted molar refractivity (Wildman–Crippen MR) is 70.1 cm³/mol. The van der Waals surface area contributed by atoms with Gasteiger partial charge in [-0.05, 0) is 56.1 Å². The van der Waals surface area contributed by atoms with Gasteiger partial charge < -0.3 is 5.32 Å². The zero-order valence-corrected chi connectivity index (χ0v) is 11.4. The second-order valence-electron chi connectivity index (χ2n) is 6.82. The Labute approximate surface area is 117 Å². The van der Waals surface area contributed by atoms with Crippen molar-refractivity contribution in [1.82, 2.24) is 15.5 Å². The molecular weight excluding hydrogens is 260 g/mol. The van der Waals surface area contributed by atoms with Crippen LogP contribution in [-0.4, -0.2) is 21.7 Å². The van der Waals surface area contributed by atoms with Gasteiger partial charge in [0.05, 0.1) is 11.2 Å². The van der Waals surface area contributed by atoms with Crippen LogP contribution in [0.1, 0.15) is 37.8 Å². The van der Waals surface area contributed by atoms with E-state index in [4.69, 9.17) is 0 Å². The fourth-order valence-electron chi connectivity index (χ4n) is 4.88. The van der Waals surface area contributed by atoms with E-state index < -0.39 is 17.4 Å². The van der Waals surface area contributed by atoms with E-state index >= 15 is 0 Å². The number of nitrogens with one attached hydrogen (secondary N) is 1. The highest BCUT2D eigenvalue weighted by Gasteiger charge is 2.67. The molecule has 0 spiro atoms. The molecule has 0 saturated heterocycles. The van der Waals surface area contributed by atoms with Crippen molar-refractivity contribution < 1.29 is 8.78 Å². The fraction of sp³-hybridized carbons (Fsp3) is 0.733. The van der Waals surface area contributed by atoms with E-state index in [1.807, 2.05) is 6.07 Å². The van der Waals surface area contributed by atoms with Crippen molar-refractivity contribution >= 4 is 0 Å². The summed E-state index contributed by atoms with van der Waals surface area (Å²) in [6.45, 7) is 0.385. The Morgan fingerprint density at radius 1 is 1.20 bits per heavy atom. The average molecular weight is 279 g/mol. The maximum absolute atomic E-state index is 14.8. The first-order chi connectivity index (χ1) is 9.59. The maximum atomic E-state index is 14.8. The number of aromatic nitrogens is 2. The number of hydrogen-bond donors (Lipinski definition) is 1. The molecule has 5 rings (SSSR count). The van der Waals surface area contributed by atoms with Crippen LogP contribution in [-0.2, 0) is 6.54 Å². The van der Waals surface area contributed by atoms with Gasteiger partial charge in [0.1, 0.15) is 0 Å². The summed E-state index contributed by atoms with van der Waals surface area (Å²) >= 11 is 0. The van der Waals surface area contributed by atoms with Gasteiger partial charge in [-0.3, -0.25) is 0 Å². The second kappa shape index (κ2) is 4.20. The third kappa shape index (κ3) is 1.72. The molecule has 20 heavy (non-hydrogen) atoms. The minimum atomic E-state index is -2.58. The molecule has 4 bridgehead atoms. The van der Waals surface area contributed by atoms with Crippen LogP contribution in [0.4, 0.5) is 8.78 Å². The van der Waals surface area contributed by atoms with Gasteiger partial charge in [0, 0.05) is 18.7 Å². The van der Waals surface area contributed by atoms with Crippen LogP contribution in [0.25, 0.3) is 0 Å². The van der Waals surface area contributed by atoms with E-state index in [1.54, 1.807) is 12.3 Å². The Balaban J connectivity index is 1.58. The van der Waals surface area contributed by atoms with Gasteiger partial charge in [-0.2, -0.15) is 10.2 Å². The van der Waals surface area contributed by atoms with E-state index in [0.29, 0.717) is 31.2 Å². The molecule has 4 fully saturated rings. The summed E-state index contributed by atoms with van der Waals surface area (Å²) < 4.78 is 29.5. The van der Waals surface area contributed by atoms with E-state index in [2.05, 4.69) is 15.5 Å². The van der Waals surface area contributed by atoms with Crippen LogP contribution >= 0.6 is 0 Å². The van der Waals surface area contributed by atoms with Gasteiger partial charge in [0.2, 0.25) is 0 Å². The van der Waals surface area contributed by atoms with Gasteiger partial charge >= 0.3 is 0 Å². The highest BCUT2D eigenvalue weighted by Crippen LogP contribution is 2.62. The Hall–Kier alpha value is -1.10. The molecule has 1 aromatic rings. The van der Waals surface area contributed by atoms with Gasteiger partial charge in [0.15, 0.2) is 0 Å². The molecule has 0 aromatic carbocycles. The monoisotopic (exact) mass is 279 g/mol. The fourth-order valence-corrected chi connectivity index (χ4v) is 4.88. The Morgan fingerprint density at radius 3 is 2.60 bits per heavy atom. The Morgan fingerprint density at radius 2 is 1.95 bits per heavy atom. The summed E-state index contributed by atoms with van der Waals surface area (Å²) in [5.74, 6) is -2.02. The first kappa shape index (κ1) is 12.6. The van der Waals surface area contributed by atoms with Crippen LogP contribution in [0, 0.1) is 17.8 Å². The van der Waals surface area contributed by atoms with Gasteiger partial charge in [0.25, 0.3) is 5.92 Å². The van der Waals surface area contributed by atoms with Crippen molar-refractivity contribution in [2.75, 3.05) is 0 Å². The van der Waals surface area contributed by atoms with Gasteiger partial charge in [-0.1, -0.05) is 0 Å². The number of hydrogen-bond acceptors (Lipinski definition) is 3. The molecule has 2 atom stereocenters. The van der Waals surface area contributed by atoms with Crippen LogP contribution in [0.15, 0.2) is 18.3 Å². The van der Waals surface area contributed by atoms with E-state index in [0.717, 1.165) is 25.0 Å². The quantitative estimate of drug-likeness (QED) is 0.924. The molecule has 2 unspecified atom stereocenters. The van der Waals surface area contributed by atoms with Gasteiger partial charge in [-0.15, -0.1) is 0 Å². The molecule has 0 amide bonds. The molecule has 108 valence electrons. The number of halogens is 2. The molecule has 5 heteroatoms. The largest absolute Gasteiger partial charge is 0.300 e. The standard InChI is InChI=1S/C15H19F2N3/c16-15(17)12-5-10-4-11(6-12)8-14(15,7-10)18-9-13-2-1-3-19-20-13/h1-3,10-12,18H,4-9H2. The SMILES string of the molecule is FC1(F)C2CC3CC(C2)CC1(NCc1cccnn1)C3. The number of alkyl halides is 2. The first-order valence-corrected chi connectivity index (χ1v) is 7.48. The summed E-state index contributed by atoms with van der Waals surface area (Å²) in [6, 6.07) is 3.63. The number of rotatable bonds is 3.